The van der Waals surface area contributed by atoms with Gasteiger partial charge in [-0.2, -0.15) is 0 Å². The molecule has 3 aliphatic carbocycles. The van der Waals surface area contributed by atoms with E-state index < -0.39 is 17.8 Å². The zero-order valence-electron chi connectivity index (χ0n) is 25.8. The van der Waals surface area contributed by atoms with Gasteiger partial charge in [0, 0.05) is 55.6 Å². The maximum atomic E-state index is 15.7. The summed E-state index contributed by atoms with van der Waals surface area (Å²) >= 11 is 0. The molecule has 1 saturated heterocycles. The molecule has 0 unspecified atom stereocenters. The molecule has 0 atom stereocenters. The number of aromatic nitrogens is 1. The number of nitrogens with one attached hydrogen (secondary N) is 2. The minimum Gasteiger partial charge on any atom is -0.446 e. The van der Waals surface area contributed by atoms with Crippen LogP contribution in [0.3, 0.4) is 0 Å². The number of ketones is 1. The molecule has 1 saturated carbocycles. The number of ether oxygens (including phenoxy) is 2. The number of primary amides is 1. The van der Waals surface area contributed by atoms with Gasteiger partial charge < -0.3 is 30.4 Å². The number of Topliss-reactive ketones (excluding diaryl/α,β-unsaturated/α-hetero) is 1. The van der Waals surface area contributed by atoms with Crippen LogP contribution >= 0.6 is 0 Å². The van der Waals surface area contributed by atoms with Gasteiger partial charge in [0.2, 0.25) is 0 Å². The lowest BCUT2D eigenvalue weighted by molar-refractivity contribution is 0.0372. The zero-order chi connectivity index (χ0) is 31.0. The van der Waals surface area contributed by atoms with Gasteiger partial charge >= 0.3 is 6.09 Å². The fraction of sp³-hybridized carbons (Fsp3) is 0.606. The number of carbonyl (C=O) groups is 3. The second-order valence-corrected chi connectivity index (χ2v) is 13.5. The molecule has 4 N–H and O–H groups in total. The van der Waals surface area contributed by atoms with Crippen molar-refractivity contribution in [2.45, 2.75) is 83.8 Å². The smallest absolute Gasteiger partial charge is 0.407 e. The summed E-state index contributed by atoms with van der Waals surface area (Å²) in [6.45, 7) is 8.63. The lowest BCUT2D eigenvalue weighted by atomic mass is 9.75. The van der Waals surface area contributed by atoms with Gasteiger partial charge in [0.25, 0.3) is 5.91 Å². The van der Waals surface area contributed by atoms with Crippen LogP contribution in [0.25, 0.3) is 5.69 Å². The van der Waals surface area contributed by atoms with Crippen molar-refractivity contribution in [3.05, 3.63) is 46.0 Å². The number of morpholine rings is 1. The first-order valence-electron chi connectivity index (χ1n) is 16.0. The number of hydrogen-bond acceptors (Lipinski definition) is 7. The van der Waals surface area contributed by atoms with E-state index in [1.165, 1.54) is 6.07 Å². The van der Waals surface area contributed by atoms with Gasteiger partial charge in [-0.05, 0) is 74.5 Å². The van der Waals surface area contributed by atoms with E-state index >= 15 is 4.39 Å². The summed E-state index contributed by atoms with van der Waals surface area (Å²) in [5, 5.41) is 6.24. The molecule has 2 heterocycles. The first-order chi connectivity index (χ1) is 21.1. The Labute approximate surface area is 257 Å². The zero-order valence-corrected chi connectivity index (χ0v) is 25.8. The highest BCUT2D eigenvalue weighted by atomic mass is 19.1. The standard InChI is InChI=1S/C33H44FN5O5/c1-33(2)18-27-29(28(40)19-33)23-4-3-5-26(23)39(27)21-16-24(34)30(31(35)41)25(17-21)37-20-6-8-22(9-7-20)44-32(42)36-10-11-38-12-14-43-15-13-38/h16-17,20,22,37H,3-15,18-19H2,1-2H3,(H2,35,41)(H,36,42)/t20-,22-. The third-order valence-corrected chi connectivity index (χ3v) is 9.57. The van der Waals surface area contributed by atoms with Crippen LogP contribution in [-0.2, 0) is 28.7 Å². The SMILES string of the molecule is CC1(C)CC(=O)c2c3c(n(-c4cc(F)c(C(N)=O)c(N[C@H]5CC[C@H](OC(=O)NCCN6CCOCC6)CC5)c4)c2C1)CCC3. The van der Waals surface area contributed by atoms with Crippen molar-refractivity contribution in [2.24, 2.45) is 11.1 Å². The summed E-state index contributed by atoms with van der Waals surface area (Å²) in [7, 11) is 0. The number of benzene rings is 1. The topological polar surface area (TPSA) is 128 Å². The van der Waals surface area contributed by atoms with Crippen LogP contribution in [0, 0.1) is 11.2 Å². The molecule has 2 aromatic rings. The molecular formula is C33H44FN5O5. The summed E-state index contributed by atoms with van der Waals surface area (Å²) in [5.41, 5.74) is 10.2. The van der Waals surface area contributed by atoms with Gasteiger partial charge in [-0.1, -0.05) is 13.8 Å². The Morgan fingerprint density at radius 3 is 2.57 bits per heavy atom. The van der Waals surface area contributed by atoms with Gasteiger partial charge in [-0.25, -0.2) is 9.18 Å². The number of fused-ring (bicyclic) bond motifs is 3. The van der Waals surface area contributed by atoms with Crippen LogP contribution in [-0.4, -0.2) is 78.8 Å². The van der Waals surface area contributed by atoms with Crippen LogP contribution in [0.5, 0.6) is 0 Å². The number of nitrogens with two attached hydrogens (primary N) is 1. The Balaban J connectivity index is 1.15. The van der Waals surface area contributed by atoms with Crippen molar-refractivity contribution in [2.75, 3.05) is 44.7 Å². The van der Waals surface area contributed by atoms with E-state index in [9.17, 15) is 14.4 Å². The van der Waals surface area contributed by atoms with Crippen LogP contribution in [0.1, 0.15) is 90.0 Å². The van der Waals surface area contributed by atoms with Gasteiger partial charge in [-0.15, -0.1) is 0 Å². The van der Waals surface area contributed by atoms with Gasteiger partial charge in [0.05, 0.1) is 30.2 Å². The quantitative estimate of drug-likeness (QED) is 0.411. The molecule has 1 aromatic carbocycles. The highest BCUT2D eigenvalue weighted by Gasteiger charge is 2.39. The van der Waals surface area contributed by atoms with Crippen molar-refractivity contribution in [3.63, 3.8) is 0 Å². The Morgan fingerprint density at radius 2 is 1.84 bits per heavy atom. The molecule has 1 aromatic heterocycles. The highest BCUT2D eigenvalue weighted by Crippen LogP contribution is 2.43. The molecule has 0 spiro atoms. The maximum Gasteiger partial charge on any atom is 0.407 e. The lowest BCUT2D eigenvalue weighted by Crippen LogP contribution is -2.42. The Kier molecular flexibility index (Phi) is 8.70. The average Bonchev–Trinajstić information content (AvgIpc) is 3.54. The van der Waals surface area contributed by atoms with Crippen molar-refractivity contribution in [1.82, 2.24) is 14.8 Å². The van der Waals surface area contributed by atoms with Crippen molar-refractivity contribution >= 4 is 23.5 Å². The Hall–Kier alpha value is -3.44. The predicted molar refractivity (Wildman–Crippen MR) is 164 cm³/mol. The van der Waals surface area contributed by atoms with Crippen molar-refractivity contribution in [1.29, 1.82) is 0 Å². The third kappa shape index (κ3) is 6.35. The number of rotatable bonds is 8. The van der Waals surface area contributed by atoms with E-state index in [1.807, 2.05) is 0 Å². The molecule has 6 rings (SSSR count). The van der Waals surface area contributed by atoms with E-state index in [0.717, 1.165) is 74.6 Å². The van der Waals surface area contributed by atoms with Crippen LogP contribution in [0.2, 0.25) is 0 Å². The van der Waals surface area contributed by atoms with Crippen LogP contribution in [0.4, 0.5) is 14.9 Å². The molecule has 238 valence electrons. The second-order valence-electron chi connectivity index (χ2n) is 13.5. The fourth-order valence-corrected chi connectivity index (χ4v) is 7.50. The first kappa shape index (κ1) is 30.6. The van der Waals surface area contributed by atoms with Crippen molar-refractivity contribution < 1.29 is 28.2 Å². The Bertz CT molecular complexity index is 1440. The van der Waals surface area contributed by atoms with E-state index in [2.05, 4.69) is 33.9 Å². The number of hydrogen-bond donors (Lipinski definition) is 3. The lowest BCUT2D eigenvalue weighted by Gasteiger charge is -2.31. The number of alkyl carbamates (subject to hydrolysis) is 1. The van der Waals surface area contributed by atoms with E-state index in [0.29, 0.717) is 56.4 Å². The molecule has 11 heteroatoms. The van der Waals surface area contributed by atoms with Crippen molar-refractivity contribution in [3.8, 4) is 5.69 Å². The van der Waals surface area contributed by atoms with Gasteiger partial charge in [-0.3, -0.25) is 14.5 Å². The maximum absolute atomic E-state index is 15.7. The number of anilines is 1. The molecule has 1 aliphatic heterocycles. The molecule has 2 amide bonds. The number of halogens is 1. The van der Waals surface area contributed by atoms with Crippen LogP contribution in [0.15, 0.2) is 12.1 Å². The predicted octanol–water partition coefficient (Wildman–Crippen LogP) is 4.14. The Morgan fingerprint density at radius 1 is 1.09 bits per heavy atom. The summed E-state index contributed by atoms with van der Waals surface area (Å²) in [5.74, 6) is -1.36. The monoisotopic (exact) mass is 609 g/mol. The molecular weight excluding hydrogens is 565 g/mol. The van der Waals surface area contributed by atoms with E-state index in [1.54, 1.807) is 6.07 Å². The molecule has 10 nitrogen and oxygen atoms in total. The van der Waals surface area contributed by atoms with Gasteiger partial charge in [0.1, 0.15) is 11.9 Å². The molecule has 44 heavy (non-hydrogen) atoms. The molecule has 0 radical (unpaired) electrons. The number of carbonyl (C=O) groups excluding carboxylic acids is 3. The average molecular weight is 610 g/mol. The largest absolute Gasteiger partial charge is 0.446 e. The van der Waals surface area contributed by atoms with Gasteiger partial charge in [0.15, 0.2) is 5.78 Å². The summed E-state index contributed by atoms with van der Waals surface area (Å²) in [6, 6.07) is 3.13. The fourth-order valence-electron chi connectivity index (χ4n) is 7.50. The summed E-state index contributed by atoms with van der Waals surface area (Å²) in [4.78, 5) is 40.3. The highest BCUT2D eigenvalue weighted by molar-refractivity contribution is 6.01. The number of amides is 2. The van der Waals surface area contributed by atoms with E-state index in [4.69, 9.17) is 15.2 Å². The first-order valence-corrected chi connectivity index (χ1v) is 16.0. The summed E-state index contributed by atoms with van der Waals surface area (Å²) < 4.78 is 28.7. The number of nitrogens with zero attached hydrogens (tertiary/aromatic N) is 2. The summed E-state index contributed by atoms with van der Waals surface area (Å²) in [6.07, 6.45) is 5.91. The van der Waals surface area contributed by atoms with E-state index in [-0.39, 0.29) is 28.9 Å². The minimum atomic E-state index is -0.835. The second kappa shape index (κ2) is 12.5. The normalized spacial score (nSPS) is 23.1. The molecule has 0 bridgehead atoms. The van der Waals surface area contributed by atoms with Crippen LogP contribution < -0.4 is 16.4 Å². The third-order valence-electron chi connectivity index (χ3n) is 9.57. The molecule has 4 aliphatic rings. The molecule has 2 fully saturated rings. The minimum absolute atomic E-state index is 0.0446.